The van der Waals surface area contributed by atoms with Crippen LogP contribution in [-0.4, -0.2) is 22.8 Å². The standard InChI is InChI=1S/C13H18O4/c1-9(14)10-4-6-11(7-5-10)17-8-13(2,3)12(15)16/h4-7,9,14H,8H2,1-3H3,(H,15,16). The van der Waals surface area contributed by atoms with Crippen molar-refractivity contribution in [3.8, 4) is 5.75 Å². The van der Waals surface area contributed by atoms with Gasteiger partial charge in [0.05, 0.1) is 11.5 Å². The van der Waals surface area contributed by atoms with Crippen molar-refractivity contribution >= 4 is 5.97 Å². The highest BCUT2D eigenvalue weighted by molar-refractivity contribution is 5.73. The van der Waals surface area contributed by atoms with Crippen molar-refractivity contribution in [3.05, 3.63) is 29.8 Å². The van der Waals surface area contributed by atoms with Gasteiger partial charge in [-0.1, -0.05) is 12.1 Å². The Balaban J connectivity index is 2.62. The molecule has 2 N–H and O–H groups in total. The van der Waals surface area contributed by atoms with Crippen LogP contribution in [0.1, 0.15) is 32.4 Å². The Bertz CT molecular complexity index is 379. The maximum absolute atomic E-state index is 10.9. The summed E-state index contributed by atoms with van der Waals surface area (Å²) in [6.07, 6.45) is -0.514. The number of ether oxygens (including phenoxy) is 1. The number of benzene rings is 1. The summed E-state index contributed by atoms with van der Waals surface area (Å²) < 4.78 is 5.40. The molecule has 4 heteroatoms. The summed E-state index contributed by atoms with van der Waals surface area (Å²) >= 11 is 0. The molecule has 1 unspecified atom stereocenters. The minimum atomic E-state index is -0.914. The van der Waals surface area contributed by atoms with E-state index in [0.717, 1.165) is 5.56 Å². The molecule has 0 fully saturated rings. The summed E-state index contributed by atoms with van der Waals surface area (Å²) in [5, 5.41) is 18.3. The predicted octanol–water partition coefficient (Wildman–Crippen LogP) is 2.23. The van der Waals surface area contributed by atoms with Crippen molar-refractivity contribution in [2.24, 2.45) is 5.41 Å². The normalized spacial score (nSPS) is 13.2. The van der Waals surface area contributed by atoms with Crippen molar-refractivity contribution in [1.29, 1.82) is 0 Å². The van der Waals surface area contributed by atoms with Crippen LogP contribution in [0.25, 0.3) is 0 Å². The van der Waals surface area contributed by atoms with Gasteiger partial charge in [-0.3, -0.25) is 4.79 Å². The lowest BCUT2D eigenvalue weighted by Gasteiger charge is -2.19. The van der Waals surface area contributed by atoms with E-state index >= 15 is 0 Å². The monoisotopic (exact) mass is 238 g/mol. The molecular weight excluding hydrogens is 220 g/mol. The third kappa shape index (κ3) is 3.75. The SMILES string of the molecule is CC(O)c1ccc(OCC(C)(C)C(=O)O)cc1. The van der Waals surface area contributed by atoms with Gasteiger partial charge in [0, 0.05) is 0 Å². The van der Waals surface area contributed by atoms with Crippen LogP contribution in [0.4, 0.5) is 0 Å². The lowest BCUT2D eigenvalue weighted by atomic mass is 9.95. The van der Waals surface area contributed by atoms with Gasteiger partial charge in [-0.2, -0.15) is 0 Å². The van der Waals surface area contributed by atoms with E-state index in [1.54, 1.807) is 45.0 Å². The van der Waals surface area contributed by atoms with Crippen LogP contribution in [0, 0.1) is 5.41 Å². The fraction of sp³-hybridized carbons (Fsp3) is 0.462. The molecule has 94 valence electrons. The molecule has 0 amide bonds. The fourth-order valence-electron chi connectivity index (χ4n) is 1.17. The van der Waals surface area contributed by atoms with Gasteiger partial charge in [0.25, 0.3) is 0 Å². The first kappa shape index (κ1) is 13.5. The molecule has 0 aliphatic heterocycles. The molecule has 0 saturated heterocycles. The third-order valence-corrected chi connectivity index (χ3v) is 2.54. The van der Waals surface area contributed by atoms with Gasteiger partial charge in [-0.25, -0.2) is 0 Å². The zero-order valence-electron chi connectivity index (χ0n) is 10.3. The third-order valence-electron chi connectivity index (χ3n) is 2.54. The van der Waals surface area contributed by atoms with Crippen LogP contribution in [0.15, 0.2) is 24.3 Å². The van der Waals surface area contributed by atoms with Crippen molar-refractivity contribution in [3.63, 3.8) is 0 Å². The van der Waals surface area contributed by atoms with Gasteiger partial charge in [0.15, 0.2) is 0 Å². The number of carbonyl (C=O) groups is 1. The van der Waals surface area contributed by atoms with Crippen molar-refractivity contribution in [1.82, 2.24) is 0 Å². The summed E-state index contributed by atoms with van der Waals surface area (Å²) in [6, 6.07) is 6.96. The number of hydrogen-bond acceptors (Lipinski definition) is 3. The topological polar surface area (TPSA) is 66.8 Å². The van der Waals surface area contributed by atoms with E-state index in [2.05, 4.69) is 0 Å². The molecule has 0 radical (unpaired) electrons. The molecule has 0 aliphatic rings. The van der Waals surface area contributed by atoms with Crippen LogP contribution in [0.2, 0.25) is 0 Å². The number of hydrogen-bond donors (Lipinski definition) is 2. The quantitative estimate of drug-likeness (QED) is 0.825. The maximum Gasteiger partial charge on any atom is 0.312 e. The molecule has 0 bridgehead atoms. The lowest BCUT2D eigenvalue weighted by molar-refractivity contribution is -0.148. The summed E-state index contributed by atoms with van der Waals surface area (Å²) in [5.74, 6) is -0.290. The van der Waals surface area contributed by atoms with Crippen LogP contribution in [0.5, 0.6) is 5.75 Å². The van der Waals surface area contributed by atoms with E-state index in [1.807, 2.05) is 0 Å². The first-order chi connectivity index (χ1) is 7.83. The van der Waals surface area contributed by atoms with Crippen LogP contribution >= 0.6 is 0 Å². The largest absolute Gasteiger partial charge is 0.492 e. The zero-order valence-corrected chi connectivity index (χ0v) is 10.3. The molecule has 4 nitrogen and oxygen atoms in total. The van der Waals surface area contributed by atoms with E-state index in [1.165, 1.54) is 0 Å². The van der Waals surface area contributed by atoms with Gasteiger partial charge < -0.3 is 14.9 Å². The van der Waals surface area contributed by atoms with E-state index in [4.69, 9.17) is 9.84 Å². The van der Waals surface area contributed by atoms with Crippen LogP contribution in [-0.2, 0) is 4.79 Å². The molecule has 0 saturated carbocycles. The predicted molar refractivity (Wildman–Crippen MR) is 64.0 cm³/mol. The molecular formula is C13H18O4. The van der Waals surface area contributed by atoms with Gasteiger partial charge in [-0.05, 0) is 38.5 Å². The highest BCUT2D eigenvalue weighted by Gasteiger charge is 2.28. The molecule has 0 aromatic heterocycles. The number of aliphatic hydroxyl groups excluding tert-OH is 1. The molecule has 17 heavy (non-hydrogen) atoms. The van der Waals surface area contributed by atoms with Crippen LogP contribution in [0.3, 0.4) is 0 Å². The summed E-state index contributed by atoms with van der Waals surface area (Å²) in [6.45, 7) is 5.01. The fourth-order valence-corrected chi connectivity index (χ4v) is 1.17. The smallest absolute Gasteiger partial charge is 0.312 e. The summed E-state index contributed by atoms with van der Waals surface area (Å²) in [5.41, 5.74) is -0.113. The van der Waals surface area contributed by atoms with E-state index in [-0.39, 0.29) is 6.61 Å². The molecule has 1 aromatic carbocycles. The first-order valence-electron chi connectivity index (χ1n) is 5.47. The summed E-state index contributed by atoms with van der Waals surface area (Å²) in [4.78, 5) is 10.9. The molecule has 1 rings (SSSR count). The second-order valence-corrected chi connectivity index (χ2v) is 4.72. The minimum absolute atomic E-state index is 0.107. The average molecular weight is 238 g/mol. The van der Waals surface area contributed by atoms with E-state index < -0.39 is 17.5 Å². The second-order valence-electron chi connectivity index (χ2n) is 4.72. The highest BCUT2D eigenvalue weighted by atomic mass is 16.5. The van der Waals surface area contributed by atoms with Crippen molar-refractivity contribution in [2.45, 2.75) is 26.9 Å². The maximum atomic E-state index is 10.9. The molecule has 1 atom stereocenters. The van der Waals surface area contributed by atoms with Gasteiger partial charge in [0.2, 0.25) is 0 Å². The number of aliphatic carboxylic acids is 1. The van der Waals surface area contributed by atoms with E-state index in [0.29, 0.717) is 5.75 Å². The Kier molecular flexibility index (Phi) is 4.12. The Morgan fingerprint density at radius 1 is 1.35 bits per heavy atom. The minimum Gasteiger partial charge on any atom is -0.492 e. The number of rotatable bonds is 5. The van der Waals surface area contributed by atoms with Gasteiger partial charge in [0.1, 0.15) is 12.4 Å². The first-order valence-corrected chi connectivity index (χ1v) is 5.47. The van der Waals surface area contributed by atoms with Crippen molar-refractivity contribution < 1.29 is 19.7 Å². The lowest BCUT2D eigenvalue weighted by Crippen LogP contribution is -2.30. The Morgan fingerprint density at radius 2 is 1.88 bits per heavy atom. The Morgan fingerprint density at radius 3 is 2.29 bits per heavy atom. The Hall–Kier alpha value is -1.55. The second kappa shape index (κ2) is 5.19. The summed E-state index contributed by atoms with van der Waals surface area (Å²) in [7, 11) is 0. The molecule has 0 aliphatic carbocycles. The van der Waals surface area contributed by atoms with E-state index in [9.17, 15) is 9.90 Å². The van der Waals surface area contributed by atoms with Crippen molar-refractivity contribution in [2.75, 3.05) is 6.61 Å². The Labute approximate surface area is 101 Å². The van der Waals surface area contributed by atoms with Gasteiger partial charge >= 0.3 is 5.97 Å². The van der Waals surface area contributed by atoms with Crippen LogP contribution < -0.4 is 4.74 Å². The number of carboxylic acids is 1. The molecule has 0 heterocycles. The van der Waals surface area contributed by atoms with Gasteiger partial charge in [-0.15, -0.1) is 0 Å². The molecule has 0 spiro atoms. The zero-order chi connectivity index (χ0) is 13.1. The highest BCUT2D eigenvalue weighted by Crippen LogP contribution is 2.21. The molecule has 1 aromatic rings. The number of carboxylic acid groups (broad SMARTS) is 1. The number of aliphatic hydroxyl groups is 1. The average Bonchev–Trinajstić information content (AvgIpc) is 2.27.